The molecule has 0 N–H and O–H groups in total. The number of halogens is 1. The molecule has 98 valence electrons. The van der Waals surface area contributed by atoms with Crippen LogP contribution in [0.3, 0.4) is 0 Å². The number of hydrogen-bond acceptors (Lipinski definition) is 4. The van der Waals surface area contributed by atoms with Crippen LogP contribution < -0.4 is 0 Å². The Morgan fingerprint density at radius 1 is 1.35 bits per heavy atom. The Balaban J connectivity index is 2.34. The van der Waals surface area contributed by atoms with Crippen LogP contribution in [0.4, 0.5) is 5.69 Å². The van der Waals surface area contributed by atoms with Crippen molar-refractivity contribution in [1.82, 2.24) is 14.5 Å². The van der Waals surface area contributed by atoms with E-state index in [2.05, 4.69) is 30.9 Å². The van der Waals surface area contributed by atoms with Crippen molar-refractivity contribution in [2.24, 2.45) is 12.0 Å². The minimum absolute atomic E-state index is 0.532. The van der Waals surface area contributed by atoms with Crippen molar-refractivity contribution in [3.63, 3.8) is 0 Å². The van der Waals surface area contributed by atoms with Gasteiger partial charge in [-0.25, -0.2) is 14.8 Å². The lowest BCUT2D eigenvalue weighted by atomic mass is 10.1. The first-order valence-electron chi connectivity index (χ1n) is 5.85. The average molecular weight is 329 g/mol. The number of fused-ring (bicyclic) bond motifs is 1. The summed E-state index contributed by atoms with van der Waals surface area (Å²) in [4.78, 5) is 23.2. The van der Waals surface area contributed by atoms with E-state index in [4.69, 9.17) is 0 Å². The molecule has 6 heteroatoms. The molecule has 0 saturated carbocycles. The SMILES string of the molecule is Cn1ccnc1-c1cc(N=C=O)c2cc(Br)ccc2n1. The van der Waals surface area contributed by atoms with E-state index < -0.39 is 0 Å². The molecule has 0 aliphatic heterocycles. The molecular formula is C14H9BrN4O. The van der Waals surface area contributed by atoms with E-state index in [1.165, 1.54) is 0 Å². The first-order chi connectivity index (χ1) is 9.69. The van der Waals surface area contributed by atoms with Gasteiger partial charge in [-0.05, 0) is 24.3 Å². The highest BCUT2D eigenvalue weighted by molar-refractivity contribution is 9.10. The second kappa shape index (κ2) is 5.00. The van der Waals surface area contributed by atoms with Crippen LogP contribution in [-0.4, -0.2) is 20.6 Å². The normalized spacial score (nSPS) is 10.5. The third-order valence-electron chi connectivity index (χ3n) is 2.97. The summed E-state index contributed by atoms with van der Waals surface area (Å²) in [5.74, 6) is 0.720. The number of rotatable bonds is 2. The summed E-state index contributed by atoms with van der Waals surface area (Å²) in [5.41, 5.74) is 1.95. The quantitative estimate of drug-likeness (QED) is 0.535. The van der Waals surface area contributed by atoms with Gasteiger partial charge in [-0.15, -0.1) is 0 Å². The van der Waals surface area contributed by atoms with Gasteiger partial charge in [0, 0.05) is 29.3 Å². The fourth-order valence-corrected chi connectivity index (χ4v) is 2.41. The molecule has 20 heavy (non-hydrogen) atoms. The average Bonchev–Trinajstić information content (AvgIpc) is 2.85. The van der Waals surface area contributed by atoms with Crippen LogP contribution in [0, 0.1) is 0 Å². The van der Waals surface area contributed by atoms with E-state index in [9.17, 15) is 4.79 Å². The molecule has 0 atom stereocenters. The molecule has 0 spiro atoms. The standard InChI is InChI=1S/C14H9BrN4O/c1-19-5-4-16-14(19)13-7-12(17-8-20)10-6-9(15)2-3-11(10)18-13/h2-7H,1H3. The maximum atomic E-state index is 10.6. The van der Waals surface area contributed by atoms with Gasteiger partial charge in [-0.1, -0.05) is 15.9 Å². The second-order valence-electron chi connectivity index (χ2n) is 4.25. The second-order valence-corrected chi connectivity index (χ2v) is 5.17. The topological polar surface area (TPSA) is 60.1 Å². The molecule has 0 fully saturated rings. The van der Waals surface area contributed by atoms with E-state index >= 15 is 0 Å². The first kappa shape index (κ1) is 12.7. The van der Waals surface area contributed by atoms with Crippen molar-refractivity contribution in [2.75, 3.05) is 0 Å². The highest BCUT2D eigenvalue weighted by Crippen LogP contribution is 2.31. The molecule has 2 heterocycles. The molecular weight excluding hydrogens is 320 g/mol. The van der Waals surface area contributed by atoms with Gasteiger partial charge in [0.1, 0.15) is 5.69 Å². The maximum Gasteiger partial charge on any atom is 0.240 e. The number of imidazole rings is 1. The predicted octanol–water partition coefficient (Wildman–Crippen LogP) is 3.37. The monoisotopic (exact) mass is 328 g/mol. The molecule has 2 aromatic heterocycles. The fraction of sp³-hybridized carbons (Fsp3) is 0.0714. The highest BCUT2D eigenvalue weighted by Gasteiger charge is 2.10. The number of aromatic nitrogens is 3. The zero-order chi connectivity index (χ0) is 14.1. The molecule has 3 aromatic rings. The minimum Gasteiger partial charge on any atom is -0.333 e. The molecule has 3 rings (SSSR count). The third kappa shape index (κ3) is 2.15. The summed E-state index contributed by atoms with van der Waals surface area (Å²) in [5, 5.41) is 0.792. The van der Waals surface area contributed by atoms with Crippen LogP contribution in [-0.2, 0) is 11.8 Å². The first-order valence-corrected chi connectivity index (χ1v) is 6.64. The molecule has 0 saturated heterocycles. The van der Waals surface area contributed by atoms with Crippen LogP contribution >= 0.6 is 15.9 Å². The van der Waals surface area contributed by atoms with E-state index in [0.29, 0.717) is 11.4 Å². The summed E-state index contributed by atoms with van der Waals surface area (Å²) >= 11 is 3.40. The van der Waals surface area contributed by atoms with Crippen LogP contribution in [0.15, 0.2) is 46.1 Å². The zero-order valence-corrected chi connectivity index (χ0v) is 12.1. The maximum absolute atomic E-state index is 10.6. The molecule has 1 aromatic carbocycles. The van der Waals surface area contributed by atoms with Crippen molar-refractivity contribution in [1.29, 1.82) is 0 Å². The Morgan fingerprint density at radius 3 is 2.90 bits per heavy atom. The Morgan fingerprint density at radius 2 is 2.20 bits per heavy atom. The van der Waals surface area contributed by atoms with Crippen LogP contribution in [0.25, 0.3) is 22.4 Å². The van der Waals surface area contributed by atoms with Gasteiger partial charge in [0.15, 0.2) is 5.82 Å². The molecule has 0 unspecified atom stereocenters. The smallest absolute Gasteiger partial charge is 0.240 e. The number of aliphatic imine (C=N–C) groups is 1. The number of nitrogens with zero attached hydrogens (tertiary/aromatic N) is 4. The molecule has 5 nitrogen and oxygen atoms in total. The Kier molecular flexibility index (Phi) is 3.18. The summed E-state index contributed by atoms with van der Waals surface area (Å²) in [6, 6.07) is 7.38. The summed E-state index contributed by atoms with van der Waals surface area (Å²) in [6.45, 7) is 0. The van der Waals surface area contributed by atoms with Crippen molar-refractivity contribution in [3.05, 3.63) is 41.1 Å². The van der Waals surface area contributed by atoms with Gasteiger partial charge in [0.25, 0.3) is 0 Å². The van der Waals surface area contributed by atoms with Crippen LogP contribution in [0.1, 0.15) is 0 Å². The molecule has 0 aliphatic carbocycles. The highest BCUT2D eigenvalue weighted by atomic mass is 79.9. The number of isocyanates is 1. The van der Waals surface area contributed by atoms with Crippen molar-refractivity contribution < 1.29 is 4.79 Å². The summed E-state index contributed by atoms with van der Waals surface area (Å²) < 4.78 is 2.76. The number of carbonyl (C=O) groups excluding carboxylic acids is 1. The van der Waals surface area contributed by atoms with Crippen molar-refractivity contribution >= 4 is 38.6 Å². The summed E-state index contributed by atoms with van der Waals surface area (Å²) in [7, 11) is 1.89. The van der Waals surface area contributed by atoms with Gasteiger partial charge in [0.2, 0.25) is 6.08 Å². The fourth-order valence-electron chi connectivity index (χ4n) is 2.05. The van der Waals surface area contributed by atoms with E-state index in [0.717, 1.165) is 21.2 Å². The molecule has 0 bridgehead atoms. The Bertz CT molecular complexity index is 850. The van der Waals surface area contributed by atoms with Crippen LogP contribution in [0.2, 0.25) is 0 Å². The van der Waals surface area contributed by atoms with E-state index in [1.54, 1.807) is 18.3 Å². The lowest BCUT2D eigenvalue weighted by molar-refractivity contribution is 0.565. The van der Waals surface area contributed by atoms with Crippen molar-refractivity contribution in [3.8, 4) is 11.5 Å². The Hall–Kier alpha value is -2.30. The predicted molar refractivity (Wildman–Crippen MR) is 79.4 cm³/mol. The number of pyridine rings is 1. The minimum atomic E-state index is 0.532. The molecule has 0 aliphatic rings. The Labute approximate surface area is 123 Å². The van der Waals surface area contributed by atoms with E-state index in [-0.39, 0.29) is 0 Å². The molecule has 0 radical (unpaired) electrons. The van der Waals surface area contributed by atoms with Gasteiger partial charge < -0.3 is 4.57 Å². The molecule has 0 amide bonds. The lowest BCUT2D eigenvalue weighted by Gasteiger charge is -2.06. The van der Waals surface area contributed by atoms with Gasteiger partial charge in [-0.2, -0.15) is 4.99 Å². The van der Waals surface area contributed by atoms with Gasteiger partial charge in [0.05, 0.1) is 11.2 Å². The summed E-state index contributed by atoms with van der Waals surface area (Å²) in [6.07, 6.45) is 5.13. The van der Waals surface area contributed by atoms with Gasteiger partial charge in [-0.3, -0.25) is 0 Å². The zero-order valence-electron chi connectivity index (χ0n) is 10.5. The number of hydrogen-bond donors (Lipinski definition) is 0. The van der Waals surface area contributed by atoms with Crippen molar-refractivity contribution in [2.45, 2.75) is 0 Å². The number of benzene rings is 1. The lowest BCUT2D eigenvalue weighted by Crippen LogP contribution is -1.94. The van der Waals surface area contributed by atoms with Gasteiger partial charge >= 0.3 is 0 Å². The van der Waals surface area contributed by atoms with E-state index in [1.807, 2.05) is 36.0 Å². The third-order valence-corrected chi connectivity index (χ3v) is 3.46. The number of aryl methyl sites for hydroxylation is 1. The van der Waals surface area contributed by atoms with Crippen LogP contribution in [0.5, 0.6) is 0 Å². The largest absolute Gasteiger partial charge is 0.333 e.